The van der Waals surface area contributed by atoms with E-state index in [-0.39, 0.29) is 0 Å². The van der Waals surface area contributed by atoms with Gasteiger partial charge in [0.1, 0.15) is 12.4 Å². The molecule has 1 atom stereocenters. The van der Waals surface area contributed by atoms with Gasteiger partial charge in [0.15, 0.2) is 0 Å². The number of hydrogen-bond donors (Lipinski definition) is 1. The van der Waals surface area contributed by atoms with Crippen LogP contribution in [0.4, 0.5) is 0 Å². The summed E-state index contributed by atoms with van der Waals surface area (Å²) >= 11 is 0. The van der Waals surface area contributed by atoms with Crippen molar-refractivity contribution in [2.24, 2.45) is 0 Å². The number of nitrogens with one attached hydrogen (secondary N) is 1. The van der Waals surface area contributed by atoms with Crippen LogP contribution in [0.2, 0.25) is 0 Å². The van der Waals surface area contributed by atoms with Gasteiger partial charge in [-0.15, -0.1) is 0 Å². The zero-order valence-corrected chi connectivity index (χ0v) is 12.5. The van der Waals surface area contributed by atoms with E-state index >= 15 is 0 Å². The van der Waals surface area contributed by atoms with Gasteiger partial charge < -0.3 is 10.1 Å². The van der Waals surface area contributed by atoms with Gasteiger partial charge in [-0.05, 0) is 48.7 Å². The van der Waals surface area contributed by atoms with Crippen LogP contribution in [-0.2, 0) is 6.61 Å². The molecule has 2 rings (SSSR count). The van der Waals surface area contributed by atoms with Crippen LogP contribution in [0.3, 0.4) is 0 Å². The molecule has 0 radical (unpaired) electrons. The van der Waals surface area contributed by atoms with Crippen molar-refractivity contribution in [1.29, 1.82) is 0 Å². The standard InChI is InChI=1S/C18H23NO/c1-14-5-4-6-18(11-14)20-13-16-7-9-17(10-8-16)15(2)12-19-3/h4-11,15,19H,12-13H2,1-3H3. The average Bonchev–Trinajstić information content (AvgIpc) is 2.46. The lowest BCUT2D eigenvalue weighted by atomic mass is 10.00. The SMILES string of the molecule is CNCC(C)c1ccc(COc2cccc(C)c2)cc1. The van der Waals surface area contributed by atoms with E-state index in [2.05, 4.69) is 55.6 Å². The summed E-state index contributed by atoms with van der Waals surface area (Å²) < 4.78 is 5.81. The molecule has 1 N–H and O–H groups in total. The fraction of sp³-hybridized carbons (Fsp3) is 0.333. The van der Waals surface area contributed by atoms with Gasteiger partial charge in [-0.1, -0.05) is 43.3 Å². The Labute approximate surface area is 121 Å². The molecule has 0 spiro atoms. The molecule has 0 saturated heterocycles. The average molecular weight is 269 g/mol. The molecule has 0 aliphatic heterocycles. The van der Waals surface area contributed by atoms with Crippen LogP contribution in [-0.4, -0.2) is 13.6 Å². The Kier molecular flexibility index (Phi) is 5.19. The number of rotatable bonds is 6. The Morgan fingerprint density at radius 2 is 1.85 bits per heavy atom. The Balaban J connectivity index is 1.94. The van der Waals surface area contributed by atoms with Crippen molar-refractivity contribution in [3.63, 3.8) is 0 Å². The summed E-state index contributed by atoms with van der Waals surface area (Å²) in [6.45, 7) is 5.92. The van der Waals surface area contributed by atoms with Gasteiger partial charge in [0.05, 0.1) is 0 Å². The molecule has 0 aliphatic carbocycles. The van der Waals surface area contributed by atoms with Crippen molar-refractivity contribution in [3.8, 4) is 5.75 Å². The zero-order valence-electron chi connectivity index (χ0n) is 12.5. The molecule has 106 valence electrons. The Morgan fingerprint density at radius 3 is 2.50 bits per heavy atom. The maximum atomic E-state index is 5.81. The van der Waals surface area contributed by atoms with Crippen molar-refractivity contribution in [1.82, 2.24) is 5.32 Å². The molecule has 1 unspecified atom stereocenters. The van der Waals surface area contributed by atoms with E-state index in [0.717, 1.165) is 12.3 Å². The summed E-state index contributed by atoms with van der Waals surface area (Å²) in [6, 6.07) is 16.8. The molecule has 0 aliphatic rings. The minimum absolute atomic E-state index is 0.534. The van der Waals surface area contributed by atoms with Gasteiger partial charge in [0.2, 0.25) is 0 Å². The van der Waals surface area contributed by atoms with Gasteiger partial charge in [-0.2, -0.15) is 0 Å². The van der Waals surface area contributed by atoms with Crippen LogP contribution < -0.4 is 10.1 Å². The minimum atomic E-state index is 0.534. The van der Waals surface area contributed by atoms with E-state index in [4.69, 9.17) is 4.74 Å². The monoisotopic (exact) mass is 269 g/mol. The second-order valence-corrected chi connectivity index (χ2v) is 5.31. The molecule has 2 aromatic carbocycles. The van der Waals surface area contributed by atoms with Gasteiger partial charge in [-0.25, -0.2) is 0 Å². The topological polar surface area (TPSA) is 21.3 Å². The van der Waals surface area contributed by atoms with Crippen molar-refractivity contribution < 1.29 is 4.74 Å². The highest BCUT2D eigenvalue weighted by Gasteiger charge is 2.04. The molecule has 0 amide bonds. The number of hydrogen-bond acceptors (Lipinski definition) is 2. The lowest BCUT2D eigenvalue weighted by Crippen LogP contribution is -2.14. The fourth-order valence-electron chi connectivity index (χ4n) is 2.24. The highest BCUT2D eigenvalue weighted by molar-refractivity contribution is 5.29. The second-order valence-electron chi connectivity index (χ2n) is 5.31. The van der Waals surface area contributed by atoms with Crippen LogP contribution in [0.5, 0.6) is 5.75 Å². The summed E-state index contributed by atoms with van der Waals surface area (Å²) in [7, 11) is 1.99. The van der Waals surface area contributed by atoms with Gasteiger partial charge in [0.25, 0.3) is 0 Å². The summed E-state index contributed by atoms with van der Waals surface area (Å²) in [5, 5.41) is 3.21. The molecule has 0 saturated carbocycles. The van der Waals surface area contributed by atoms with E-state index in [1.54, 1.807) is 0 Å². The number of ether oxygens (including phenoxy) is 1. The first-order valence-corrected chi connectivity index (χ1v) is 7.12. The summed E-state index contributed by atoms with van der Waals surface area (Å²) in [5.41, 5.74) is 3.78. The maximum Gasteiger partial charge on any atom is 0.120 e. The predicted molar refractivity (Wildman–Crippen MR) is 84.3 cm³/mol. The molecule has 0 bridgehead atoms. The lowest BCUT2D eigenvalue weighted by molar-refractivity contribution is 0.306. The number of likely N-dealkylation sites (N-methyl/N-ethyl adjacent to an activating group) is 1. The molecule has 2 heteroatoms. The molecule has 0 fully saturated rings. The normalized spacial score (nSPS) is 12.2. The van der Waals surface area contributed by atoms with Crippen LogP contribution in [0.15, 0.2) is 48.5 Å². The van der Waals surface area contributed by atoms with E-state index in [1.807, 2.05) is 19.2 Å². The van der Waals surface area contributed by atoms with Gasteiger partial charge in [-0.3, -0.25) is 0 Å². The smallest absolute Gasteiger partial charge is 0.120 e. The van der Waals surface area contributed by atoms with Gasteiger partial charge in [0, 0.05) is 6.54 Å². The quantitative estimate of drug-likeness (QED) is 0.859. The van der Waals surface area contributed by atoms with E-state index in [1.165, 1.54) is 16.7 Å². The maximum absolute atomic E-state index is 5.81. The Morgan fingerprint density at radius 1 is 1.10 bits per heavy atom. The van der Waals surface area contributed by atoms with Crippen LogP contribution in [0.25, 0.3) is 0 Å². The molecular weight excluding hydrogens is 246 g/mol. The minimum Gasteiger partial charge on any atom is -0.489 e. The highest BCUT2D eigenvalue weighted by Crippen LogP contribution is 2.17. The van der Waals surface area contributed by atoms with Crippen LogP contribution in [0, 0.1) is 6.92 Å². The first-order valence-electron chi connectivity index (χ1n) is 7.12. The fourth-order valence-corrected chi connectivity index (χ4v) is 2.24. The Hall–Kier alpha value is -1.80. The Bertz CT molecular complexity index is 533. The lowest BCUT2D eigenvalue weighted by Gasteiger charge is -2.12. The van der Waals surface area contributed by atoms with Crippen LogP contribution in [0.1, 0.15) is 29.5 Å². The third kappa shape index (κ3) is 4.10. The second kappa shape index (κ2) is 7.11. The van der Waals surface area contributed by atoms with E-state index in [0.29, 0.717) is 12.5 Å². The third-order valence-electron chi connectivity index (χ3n) is 3.45. The molecule has 2 nitrogen and oxygen atoms in total. The van der Waals surface area contributed by atoms with Gasteiger partial charge >= 0.3 is 0 Å². The van der Waals surface area contributed by atoms with E-state index < -0.39 is 0 Å². The molecule has 2 aromatic rings. The van der Waals surface area contributed by atoms with E-state index in [9.17, 15) is 0 Å². The van der Waals surface area contributed by atoms with Crippen molar-refractivity contribution in [3.05, 3.63) is 65.2 Å². The molecule has 20 heavy (non-hydrogen) atoms. The zero-order chi connectivity index (χ0) is 14.4. The first-order chi connectivity index (χ1) is 9.69. The molecule has 0 aromatic heterocycles. The molecular formula is C18H23NO. The number of benzene rings is 2. The summed E-state index contributed by atoms with van der Waals surface area (Å²) in [6.07, 6.45) is 0. The highest BCUT2D eigenvalue weighted by atomic mass is 16.5. The summed E-state index contributed by atoms with van der Waals surface area (Å²) in [5.74, 6) is 1.46. The predicted octanol–water partition coefficient (Wildman–Crippen LogP) is 3.90. The first kappa shape index (κ1) is 14.6. The van der Waals surface area contributed by atoms with Crippen molar-refractivity contribution in [2.45, 2.75) is 26.4 Å². The number of aryl methyl sites for hydroxylation is 1. The largest absolute Gasteiger partial charge is 0.489 e. The van der Waals surface area contributed by atoms with Crippen LogP contribution >= 0.6 is 0 Å². The van der Waals surface area contributed by atoms with Crippen molar-refractivity contribution in [2.75, 3.05) is 13.6 Å². The third-order valence-corrected chi connectivity index (χ3v) is 3.45. The molecule has 0 heterocycles. The summed E-state index contributed by atoms with van der Waals surface area (Å²) in [4.78, 5) is 0. The van der Waals surface area contributed by atoms with Crippen molar-refractivity contribution >= 4 is 0 Å².